The monoisotopic (exact) mass is 435 g/mol. The van der Waals surface area contributed by atoms with E-state index in [1.165, 1.54) is 0 Å². The summed E-state index contributed by atoms with van der Waals surface area (Å²) in [5.74, 6) is -0.494. The Bertz CT molecular complexity index is 734. The van der Waals surface area contributed by atoms with E-state index in [4.69, 9.17) is 18.9 Å². The molecule has 0 saturated heterocycles. The van der Waals surface area contributed by atoms with Crippen molar-refractivity contribution < 1.29 is 38.4 Å². The Balaban J connectivity index is 2.14. The van der Waals surface area contributed by atoms with Gasteiger partial charge in [0.05, 0.1) is 6.61 Å². The molecule has 1 aromatic carbocycles. The smallest absolute Gasteiger partial charge is 0.407 e. The number of benzene rings is 1. The van der Waals surface area contributed by atoms with E-state index in [0.717, 1.165) is 24.1 Å². The average molecular weight is 435 g/mol. The molecule has 1 rings (SSSR count). The maximum absolute atomic E-state index is 11.6. The summed E-state index contributed by atoms with van der Waals surface area (Å²) in [6.07, 6.45) is 2.70. The van der Waals surface area contributed by atoms with Crippen LogP contribution in [0.5, 0.6) is 5.75 Å². The van der Waals surface area contributed by atoms with Crippen molar-refractivity contribution >= 4 is 18.0 Å². The third-order valence-electron chi connectivity index (χ3n) is 3.80. The maximum atomic E-state index is 11.6. The van der Waals surface area contributed by atoms with Gasteiger partial charge in [-0.3, -0.25) is 0 Å². The van der Waals surface area contributed by atoms with Crippen LogP contribution in [-0.4, -0.2) is 55.6 Å². The van der Waals surface area contributed by atoms with E-state index in [1.54, 1.807) is 24.3 Å². The number of esters is 2. The molecule has 0 aliphatic carbocycles. The Kier molecular flexibility index (Phi) is 12.9. The minimum atomic E-state index is -1.01. The number of hydrogen-bond acceptors (Lipinski definition) is 8. The number of carbonyl (C=O) groups is 3. The van der Waals surface area contributed by atoms with Crippen LogP contribution in [0.15, 0.2) is 49.6 Å². The lowest BCUT2D eigenvalue weighted by molar-refractivity contribution is -0.139. The molecule has 1 unspecified atom stereocenters. The number of ether oxygens (including phenoxy) is 4. The van der Waals surface area contributed by atoms with E-state index in [-0.39, 0.29) is 19.8 Å². The molecule has 9 heteroatoms. The molecule has 1 aromatic rings. The molecular formula is C22H29NO8. The highest BCUT2D eigenvalue weighted by Crippen LogP contribution is 2.14. The van der Waals surface area contributed by atoms with E-state index in [1.807, 2.05) is 0 Å². The van der Waals surface area contributed by atoms with E-state index in [9.17, 15) is 19.5 Å². The predicted molar refractivity (Wildman–Crippen MR) is 112 cm³/mol. The Hall–Kier alpha value is -3.33. The Morgan fingerprint density at radius 3 is 2.48 bits per heavy atom. The van der Waals surface area contributed by atoms with Gasteiger partial charge in [0.25, 0.3) is 0 Å². The van der Waals surface area contributed by atoms with Gasteiger partial charge >= 0.3 is 18.0 Å². The molecule has 9 nitrogen and oxygen atoms in total. The lowest BCUT2D eigenvalue weighted by Gasteiger charge is -2.14. The molecule has 0 heterocycles. The summed E-state index contributed by atoms with van der Waals surface area (Å²) in [6, 6.07) is 6.86. The third-order valence-corrected chi connectivity index (χ3v) is 3.80. The van der Waals surface area contributed by atoms with Crippen molar-refractivity contribution in [2.75, 3.05) is 26.4 Å². The lowest BCUT2D eigenvalue weighted by atomic mass is 10.2. The van der Waals surface area contributed by atoms with Gasteiger partial charge < -0.3 is 29.4 Å². The molecule has 1 amide bonds. The first kappa shape index (κ1) is 25.7. The summed E-state index contributed by atoms with van der Waals surface area (Å²) in [7, 11) is 0. The summed E-state index contributed by atoms with van der Waals surface area (Å²) >= 11 is 0. The van der Waals surface area contributed by atoms with Crippen LogP contribution in [0.4, 0.5) is 4.79 Å². The molecule has 0 bridgehead atoms. The summed E-state index contributed by atoms with van der Waals surface area (Å²) < 4.78 is 20.2. The van der Waals surface area contributed by atoms with Crippen molar-refractivity contribution in [3.8, 4) is 5.75 Å². The van der Waals surface area contributed by atoms with E-state index in [2.05, 4.69) is 18.5 Å². The van der Waals surface area contributed by atoms with Crippen LogP contribution in [0.2, 0.25) is 0 Å². The highest BCUT2D eigenvalue weighted by molar-refractivity contribution is 5.81. The highest BCUT2D eigenvalue weighted by Gasteiger charge is 2.10. The van der Waals surface area contributed by atoms with Crippen molar-refractivity contribution in [1.82, 2.24) is 5.32 Å². The predicted octanol–water partition coefficient (Wildman–Crippen LogP) is 2.28. The molecule has 0 radical (unpaired) electrons. The normalized spacial score (nSPS) is 11.0. The number of amides is 1. The largest absolute Gasteiger partial charge is 0.491 e. The van der Waals surface area contributed by atoms with Gasteiger partial charge in [0, 0.05) is 18.7 Å². The first-order chi connectivity index (χ1) is 14.9. The van der Waals surface area contributed by atoms with Gasteiger partial charge in [0.2, 0.25) is 0 Å². The number of unbranched alkanes of at least 4 members (excludes halogenated alkanes) is 2. The first-order valence-electron chi connectivity index (χ1n) is 9.83. The molecule has 0 fully saturated rings. The number of aliphatic hydroxyl groups is 1. The van der Waals surface area contributed by atoms with Crippen molar-refractivity contribution in [3.63, 3.8) is 0 Å². The molecule has 170 valence electrons. The van der Waals surface area contributed by atoms with Crippen molar-refractivity contribution in [3.05, 3.63) is 55.1 Å². The molecule has 0 aliphatic heterocycles. The Morgan fingerprint density at radius 1 is 1.00 bits per heavy atom. The molecule has 0 aromatic heterocycles. The second-order valence-corrected chi connectivity index (χ2v) is 6.38. The lowest BCUT2D eigenvalue weighted by Crippen LogP contribution is -2.31. The van der Waals surface area contributed by atoms with Gasteiger partial charge in [-0.25, -0.2) is 14.4 Å². The molecule has 0 saturated carbocycles. The number of hydrogen-bond donors (Lipinski definition) is 2. The summed E-state index contributed by atoms with van der Waals surface area (Å²) in [4.78, 5) is 33.6. The topological polar surface area (TPSA) is 120 Å². The van der Waals surface area contributed by atoms with Gasteiger partial charge in [-0.05, 0) is 37.0 Å². The standard InChI is InChI=1S/C22H29NO8/c1-3-20(25)28-12-7-5-6-11-23-22(27)31-16-18(24)15-29-19-10-8-9-17(13-19)14-30-21(26)4-2/h3-4,8-10,13,18,24H,1-2,5-7,11-12,14-16H2,(H,23,27). The second-order valence-electron chi connectivity index (χ2n) is 6.38. The van der Waals surface area contributed by atoms with Gasteiger partial charge in [-0.2, -0.15) is 0 Å². The zero-order valence-corrected chi connectivity index (χ0v) is 17.4. The first-order valence-corrected chi connectivity index (χ1v) is 9.83. The van der Waals surface area contributed by atoms with Crippen molar-refractivity contribution in [2.45, 2.75) is 32.0 Å². The molecule has 31 heavy (non-hydrogen) atoms. The Labute approximate surface area is 181 Å². The fourth-order valence-electron chi connectivity index (χ4n) is 2.23. The second kappa shape index (κ2) is 15.5. The van der Waals surface area contributed by atoms with Gasteiger partial charge in [0.1, 0.15) is 31.7 Å². The van der Waals surface area contributed by atoms with Crippen molar-refractivity contribution in [2.24, 2.45) is 0 Å². The zero-order chi connectivity index (χ0) is 22.9. The molecule has 1 atom stereocenters. The molecular weight excluding hydrogens is 406 g/mol. The van der Waals surface area contributed by atoms with Gasteiger partial charge in [-0.15, -0.1) is 0 Å². The number of nitrogens with one attached hydrogen (secondary N) is 1. The van der Waals surface area contributed by atoms with E-state index >= 15 is 0 Å². The number of aliphatic hydroxyl groups excluding tert-OH is 1. The van der Waals surface area contributed by atoms with Crippen molar-refractivity contribution in [1.29, 1.82) is 0 Å². The van der Waals surface area contributed by atoms with Crippen LogP contribution in [-0.2, 0) is 30.4 Å². The van der Waals surface area contributed by atoms with Crippen LogP contribution in [0.1, 0.15) is 24.8 Å². The summed E-state index contributed by atoms with van der Waals surface area (Å²) in [6.45, 7) is 7.12. The summed E-state index contributed by atoms with van der Waals surface area (Å²) in [5, 5.41) is 12.5. The summed E-state index contributed by atoms with van der Waals surface area (Å²) in [5.41, 5.74) is 0.719. The molecule has 2 N–H and O–H groups in total. The van der Waals surface area contributed by atoms with E-state index in [0.29, 0.717) is 31.7 Å². The number of rotatable bonds is 15. The van der Waals surface area contributed by atoms with Crippen LogP contribution < -0.4 is 10.1 Å². The molecule has 0 aliphatic rings. The van der Waals surface area contributed by atoms with Crippen LogP contribution in [0.3, 0.4) is 0 Å². The van der Waals surface area contributed by atoms with Crippen LogP contribution in [0, 0.1) is 0 Å². The van der Waals surface area contributed by atoms with Crippen LogP contribution >= 0.6 is 0 Å². The molecule has 0 spiro atoms. The Morgan fingerprint density at radius 2 is 1.74 bits per heavy atom. The maximum Gasteiger partial charge on any atom is 0.407 e. The minimum Gasteiger partial charge on any atom is -0.491 e. The van der Waals surface area contributed by atoms with Gasteiger partial charge in [-0.1, -0.05) is 25.3 Å². The zero-order valence-electron chi connectivity index (χ0n) is 17.4. The van der Waals surface area contributed by atoms with E-state index < -0.39 is 24.1 Å². The number of carbonyl (C=O) groups excluding carboxylic acids is 3. The third kappa shape index (κ3) is 12.8. The van der Waals surface area contributed by atoms with Gasteiger partial charge in [0.15, 0.2) is 0 Å². The quantitative estimate of drug-likeness (QED) is 0.186. The fourth-order valence-corrected chi connectivity index (χ4v) is 2.23. The average Bonchev–Trinajstić information content (AvgIpc) is 2.79. The SMILES string of the molecule is C=CC(=O)OCCCCCNC(=O)OCC(O)COc1cccc(COC(=O)C=C)c1. The highest BCUT2D eigenvalue weighted by atomic mass is 16.6. The number of alkyl carbamates (subject to hydrolysis) is 1. The fraction of sp³-hybridized carbons (Fsp3) is 0.409. The minimum absolute atomic E-state index is 0.0768. The van der Waals surface area contributed by atoms with Crippen LogP contribution in [0.25, 0.3) is 0 Å².